The first-order valence-electron chi connectivity index (χ1n) is 6.23. The van der Waals surface area contributed by atoms with E-state index in [-0.39, 0.29) is 10.8 Å². The van der Waals surface area contributed by atoms with Gasteiger partial charge in [0.25, 0.3) is 5.56 Å². The summed E-state index contributed by atoms with van der Waals surface area (Å²) in [7, 11) is -3.68. The van der Waals surface area contributed by atoms with Crippen LogP contribution in [-0.4, -0.2) is 18.6 Å². The number of H-pyrrole nitrogens is 1. The summed E-state index contributed by atoms with van der Waals surface area (Å²) in [6.07, 6.45) is 0. The van der Waals surface area contributed by atoms with Gasteiger partial charge in [0.05, 0.1) is 0 Å². The van der Waals surface area contributed by atoms with Gasteiger partial charge in [0, 0.05) is 11.5 Å². The third-order valence-corrected chi connectivity index (χ3v) is 4.74. The molecule has 0 aliphatic rings. The number of sulfone groups is 1. The Bertz CT molecular complexity index is 950. The quantitative estimate of drug-likeness (QED) is 0.796. The fourth-order valence-corrected chi connectivity index (χ4v) is 3.34. The molecule has 0 saturated carbocycles. The molecule has 0 saturated heterocycles. The van der Waals surface area contributed by atoms with E-state index in [1.165, 1.54) is 6.07 Å². The number of hydrogen-bond donors (Lipinski definition) is 1. The SMILES string of the molecule is Cc1c(CS(=O)(=O)c2ccc(=O)[nH]n2)oc2ccccc12. The van der Waals surface area contributed by atoms with Crippen molar-refractivity contribution in [3.05, 3.63) is 58.1 Å². The number of para-hydroxylation sites is 1. The summed E-state index contributed by atoms with van der Waals surface area (Å²) >= 11 is 0. The van der Waals surface area contributed by atoms with Gasteiger partial charge in [-0.25, -0.2) is 13.5 Å². The van der Waals surface area contributed by atoms with Crippen LogP contribution in [0.3, 0.4) is 0 Å². The predicted octanol–water partition coefficient (Wildman–Crippen LogP) is 1.80. The lowest BCUT2D eigenvalue weighted by Gasteiger charge is -2.01. The van der Waals surface area contributed by atoms with E-state index >= 15 is 0 Å². The number of rotatable bonds is 3. The van der Waals surface area contributed by atoms with Gasteiger partial charge < -0.3 is 4.42 Å². The average Bonchev–Trinajstić information content (AvgIpc) is 2.76. The molecule has 0 fully saturated rings. The summed E-state index contributed by atoms with van der Waals surface area (Å²) in [4.78, 5) is 10.9. The van der Waals surface area contributed by atoms with Crippen molar-refractivity contribution in [3.8, 4) is 0 Å². The van der Waals surface area contributed by atoms with E-state index in [0.29, 0.717) is 11.3 Å². The van der Waals surface area contributed by atoms with Crippen molar-refractivity contribution in [1.82, 2.24) is 10.2 Å². The van der Waals surface area contributed by atoms with Crippen molar-refractivity contribution in [3.63, 3.8) is 0 Å². The van der Waals surface area contributed by atoms with E-state index < -0.39 is 15.4 Å². The van der Waals surface area contributed by atoms with Gasteiger partial charge >= 0.3 is 0 Å². The second-order valence-electron chi connectivity index (χ2n) is 4.66. The Balaban J connectivity index is 2.03. The number of furan rings is 1. The molecule has 21 heavy (non-hydrogen) atoms. The maximum atomic E-state index is 12.3. The van der Waals surface area contributed by atoms with E-state index in [4.69, 9.17) is 4.42 Å². The van der Waals surface area contributed by atoms with Gasteiger partial charge in [0.2, 0.25) is 9.84 Å². The molecule has 0 bridgehead atoms. The van der Waals surface area contributed by atoms with Crippen LogP contribution < -0.4 is 5.56 Å². The molecule has 1 N–H and O–H groups in total. The second-order valence-corrected chi connectivity index (χ2v) is 6.60. The van der Waals surface area contributed by atoms with Crippen LogP contribution in [0, 0.1) is 6.92 Å². The Hall–Kier alpha value is -2.41. The van der Waals surface area contributed by atoms with E-state index in [0.717, 1.165) is 17.0 Å². The van der Waals surface area contributed by atoms with Crippen LogP contribution in [0.5, 0.6) is 0 Å². The van der Waals surface area contributed by atoms with Crippen LogP contribution in [0.15, 0.2) is 50.6 Å². The molecule has 1 aromatic carbocycles. The maximum absolute atomic E-state index is 12.3. The highest BCUT2D eigenvalue weighted by molar-refractivity contribution is 7.90. The molecule has 2 heterocycles. The van der Waals surface area contributed by atoms with Crippen LogP contribution in [-0.2, 0) is 15.6 Å². The maximum Gasteiger partial charge on any atom is 0.264 e. The number of benzene rings is 1. The molecule has 6 nitrogen and oxygen atoms in total. The molecule has 0 aliphatic carbocycles. The highest BCUT2D eigenvalue weighted by Gasteiger charge is 2.22. The lowest BCUT2D eigenvalue weighted by atomic mass is 10.2. The Kier molecular flexibility index (Phi) is 3.13. The summed E-state index contributed by atoms with van der Waals surface area (Å²) in [6.45, 7) is 1.82. The Morgan fingerprint density at radius 2 is 1.95 bits per heavy atom. The van der Waals surface area contributed by atoms with E-state index in [2.05, 4.69) is 10.2 Å². The van der Waals surface area contributed by atoms with Crippen molar-refractivity contribution in [2.24, 2.45) is 0 Å². The molecule has 0 radical (unpaired) electrons. The monoisotopic (exact) mass is 304 g/mol. The fraction of sp³-hybridized carbons (Fsp3) is 0.143. The summed E-state index contributed by atoms with van der Waals surface area (Å²) < 4.78 is 30.2. The lowest BCUT2D eigenvalue weighted by molar-refractivity contribution is 0.549. The van der Waals surface area contributed by atoms with Crippen LogP contribution in [0.25, 0.3) is 11.0 Å². The van der Waals surface area contributed by atoms with E-state index in [9.17, 15) is 13.2 Å². The predicted molar refractivity (Wildman–Crippen MR) is 76.7 cm³/mol. The summed E-state index contributed by atoms with van der Waals surface area (Å²) in [6, 6.07) is 9.68. The fourth-order valence-electron chi connectivity index (χ4n) is 2.11. The minimum absolute atomic E-state index is 0.179. The molecule has 0 amide bonds. The zero-order chi connectivity index (χ0) is 15.0. The van der Waals surface area contributed by atoms with E-state index in [1.807, 2.05) is 25.1 Å². The molecule has 108 valence electrons. The largest absolute Gasteiger partial charge is 0.460 e. The Labute approximate surface area is 120 Å². The Morgan fingerprint density at radius 3 is 2.62 bits per heavy atom. The number of nitrogens with one attached hydrogen (secondary N) is 1. The van der Waals surface area contributed by atoms with Crippen LogP contribution in [0.4, 0.5) is 0 Å². The second kappa shape index (κ2) is 4.85. The van der Waals surface area contributed by atoms with Gasteiger partial charge in [0.1, 0.15) is 17.1 Å². The molecule has 0 atom stereocenters. The van der Waals surface area contributed by atoms with Gasteiger partial charge in [-0.15, -0.1) is 0 Å². The standard InChI is InChI=1S/C14H12N2O4S/c1-9-10-4-2-3-5-11(10)20-12(9)8-21(18,19)14-7-6-13(17)15-16-14/h2-7H,8H2,1H3,(H,15,17). The zero-order valence-corrected chi connectivity index (χ0v) is 12.0. The highest BCUT2D eigenvalue weighted by Crippen LogP contribution is 2.27. The van der Waals surface area contributed by atoms with Crippen molar-refractivity contribution in [2.45, 2.75) is 17.7 Å². The molecular weight excluding hydrogens is 292 g/mol. The first-order chi connectivity index (χ1) is 9.97. The first kappa shape index (κ1) is 13.6. The highest BCUT2D eigenvalue weighted by atomic mass is 32.2. The number of hydrogen-bond acceptors (Lipinski definition) is 5. The third-order valence-electron chi connectivity index (χ3n) is 3.24. The lowest BCUT2D eigenvalue weighted by Crippen LogP contribution is -2.13. The van der Waals surface area contributed by atoms with Crippen LogP contribution in [0.2, 0.25) is 0 Å². The summed E-state index contributed by atoms with van der Waals surface area (Å²) in [5.74, 6) is 0.0798. The van der Waals surface area contributed by atoms with Gasteiger partial charge in [-0.2, -0.15) is 5.10 Å². The van der Waals surface area contributed by atoms with Crippen molar-refractivity contribution in [1.29, 1.82) is 0 Å². The van der Waals surface area contributed by atoms with Crippen LogP contribution in [0.1, 0.15) is 11.3 Å². The summed E-state index contributed by atoms with van der Waals surface area (Å²) in [5, 5.41) is 6.39. The number of aromatic nitrogens is 2. The normalized spacial score (nSPS) is 11.9. The topological polar surface area (TPSA) is 93.0 Å². The first-order valence-corrected chi connectivity index (χ1v) is 7.88. The molecule has 0 aliphatic heterocycles. The Morgan fingerprint density at radius 1 is 1.19 bits per heavy atom. The van der Waals surface area contributed by atoms with E-state index in [1.54, 1.807) is 6.07 Å². The smallest absolute Gasteiger partial charge is 0.264 e. The number of fused-ring (bicyclic) bond motifs is 1. The number of nitrogens with zero attached hydrogens (tertiary/aromatic N) is 1. The molecule has 7 heteroatoms. The molecule has 3 aromatic rings. The van der Waals surface area contributed by atoms with Gasteiger partial charge in [-0.3, -0.25) is 4.79 Å². The number of aromatic amines is 1. The molecule has 3 rings (SSSR count). The van der Waals surface area contributed by atoms with Gasteiger partial charge in [-0.1, -0.05) is 18.2 Å². The summed E-state index contributed by atoms with van der Waals surface area (Å²) in [5.41, 5.74) is 0.988. The van der Waals surface area contributed by atoms with Crippen molar-refractivity contribution >= 4 is 20.8 Å². The minimum atomic E-state index is -3.68. The minimum Gasteiger partial charge on any atom is -0.460 e. The molecule has 2 aromatic heterocycles. The number of aryl methyl sites for hydroxylation is 1. The van der Waals surface area contributed by atoms with Crippen LogP contribution >= 0.6 is 0 Å². The zero-order valence-electron chi connectivity index (χ0n) is 11.2. The average molecular weight is 304 g/mol. The van der Waals surface area contributed by atoms with Gasteiger partial charge in [-0.05, 0) is 24.6 Å². The van der Waals surface area contributed by atoms with Crippen molar-refractivity contribution in [2.75, 3.05) is 0 Å². The third kappa shape index (κ3) is 2.47. The molecule has 0 spiro atoms. The van der Waals surface area contributed by atoms with Crippen molar-refractivity contribution < 1.29 is 12.8 Å². The van der Waals surface area contributed by atoms with Gasteiger partial charge in [0.15, 0.2) is 5.03 Å². The molecular formula is C14H12N2O4S. The molecule has 0 unspecified atom stereocenters.